The molecule has 0 aliphatic heterocycles. The summed E-state index contributed by atoms with van der Waals surface area (Å²) in [7, 11) is 0. The third-order valence-corrected chi connectivity index (χ3v) is 11.8. The van der Waals surface area contributed by atoms with E-state index in [0.29, 0.717) is 0 Å². The van der Waals surface area contributed by atoms with E-state index in [1.165, 1.54) is 60.4 Å². The van der Waals surface area contributed by atoms with Crippen molar-refractivity contribution in [1.29, 1.82) is 0 Å². The molecule has 0 fully saturated rings. The van der Waals surface area contributed by atoms with Crippen molar-refractivity contribution < 1.29 is 0 Å². The summed E-state index contributed by atoms with van der Waals surface area (Å²) in [6.45, 7) is 0. The van der Waals surface area contributed by atoms with Gasteiger partial charge in [0, 0.05) is 33.4 Å². The number of aromatic nitrogens is 1. The van der Waals surface area contributed by atoms with Crippen molar-refractivity contribution in [3.63, 3.8) is 0 Å². The molecule has 0 bridgehead atoms. The molecule has 10 aromatic carbocycles. The standard InChI is InChI=1S/C58H40N2/c1-5-18-41(19-6-1)51-35-33-47(39-54(51)43-20-7-2-8-21-43)59(48-34-36-53-52-29-15-16-31-56(52)60(58(53)40-48)46-26-11-4-12-27-46)57-37-32-45(38-55(57)44-22-9-3-10-23-44)50-30-17-25-42-24-13-14-28-49(42)50/h1-40H. The summed E-state index contributed by atoms with van der Waals surface area (Å²) < 4.78 is 2.40. The lowest BCUT2D eigenvalue weighted by Gasteiger charge is -2.29. The zero-order chi connectivity index (χ0) is 39.8. The van der Waals surface area contributed by atoms with Gasteiger partial charge in [0.2, 0.25) is 0 Å². The number of fused-ring (bicyclic) bond motifs is 4. The third kappa shape index (κ3) is 6.23. The molecule has 0 atom stereocenters. The fourth-order valence-electron chi connectivity index (χ4n) is 9.00. The molecule has 0 N–H and O–H groups in total. The van der Waals surface area contributed by atoms with Crippen molar-refractivity contribution in [3.05, 3.63) is 243 Å². The molecule has 2 nitrogen and oxygen atoms in total. The van der Waals surface area contributed by atoms with E-state index in [4.69, 9.17) is 0 Å². The maximum Gasteiger partial charge on any atom is 0.0561 e. The molecule has 1 heterocycles. The van der Waals surface area contributed by atoms with E-state index in [9.17, 15) is 0 Å². The van der Waals surface area contributed by atoms with Crippen LogP contribution in [0.5, 0.6) is 0 Å². The van der Waals surface area contributed by atoms with Gasteiger partial charge >= 0.3 is 0 Å². The van der Waals surface area contributed by atoms with E-state index in [1.54, 1.807) is 0 Å². The second-order valence-electron chi connectivity index (χ2n) is 15.3. The smallest absolute Gasteiger partial charge is 0.0561 e. The van der Waals surface area contributed by atoms with Gasteiger partial charge in [-0.05, 0) is 104 Å². The Balaban J connectivity index is 1.20. The van der Waals surface area contributed by atoms with Gasteiger partial charge in [0.25, 0.3) is 0 Å². The Morgan fingerprint density at radius 1 is 0.283 bits per heavy atom. The quantitative estimate of drug-likeness (QED) is 0.150. The largest absolute Gasteiger partial charge is 0.310 e. The van der Waals surface area contributed by atoms with Gasteiger partial charge in [-0.15, -0.1) is 0 Å². The van der Waals surface area contributed by atoms with E-state index in [-0.39, 0.29) is 0 Å². The van der Waals surface area contributed by atoms with Crippen molar-refractivity contribution in [3.8, 4) is 50.2 Å². The first kappa shape index (κ1) is 35.2. The molecule has 2 heteroatoms. The lowest BCUT2D eigenvalue weighted by molar-refractivity contribution is 1.18. The maximum atomic E-state index is 2.46. The average molecular weight is 765 g/mol. The molecule has 60 heavy (non-hydrogen) atoms. The molecule has 0 aliphatic rings. The molecule has 0 saturated carbocycles. The summed E-state index contributed by atoms with van der Waals surface area (Å²) in [5.41, 5.74) is 16.2. The zero-order valence-electron chi connectivity index (χ0n) is 33.0. The van der Waals surface area contributed by atoms with Gasteiger partial charge < -0.3 is 9.47 Å². The van der Waals surface area contributed by atoms with Crippen LogP contribution in [0.2, 0.25) is 0 Å². The van der Waals surface area contributed by atoms with Gasteiger partial charge in [0.15, 0.2) is 0 Å². The molecule has 1 aromatic heterocycles. The van der Waals surface area contributed by atoms with Gasteiger partial charge in [0.05, 0.1) is 16.7 Å². The molecular formula is C58H40N2. The molecule has 11 rings (SSSR count). The van der Waals surface area contributed by atoms with Crippen LogP contribution in [0, 0.1) is 0 Å². The predicted octanol–water partition coefficient (Wildman–Crippen LogP) is 16.1. The SMILES string of the molecule is c1ccc(-c2ccc(N(c3ccc4c5ccccc5n(-c5ccccc5)c4c3)c3ccc(-c4cccc5ccccc45)cc3-c3ccccc3)cc2-c2ccccc2)cc1. The highest BCUT2D eigenvalue weighted by Gasteiger charge is 2.22. The molecule has 0 spiro atoms. The van der Waals surface area contributed by atoms with Crippen LogP contribution in [-0.2, 0) is 0 Å². The Kier molecular flexibility index (Phi) is 8.87. The molecule has 11 aromatic rings. The minimum atomic E-state index is 1.07. The van der Waals surface area contributed by atoms with Crippen LogP contribution in [0.25, 0.3) is 82.8 Å². The third-order valence-electron chi connectivity index (χ3n) is 11.8. The van der Waals surface area contributed by atoms with Crippen LogP contribution in [0.15, 0.2) is 243 Å². The van der Waals surface area contributed by atoms with E-state index in [0.717, 1.165) is 39.4 Å². The van der Waals surface area contributed by atoms with Crippen LogP contribution in [0.1, 0.15) is 0 Å². The lowest BCUT2D eigenvalue weighted by atomic mass is 9.92. The van der Waals surface area contributed by atoms with Gasteiger partial charge in [-0.1, -0.05) is 188 Å². The Morgan fingerprint density at radius 2 is 0.833 bits per heavy atom. The van der Waals surface area contributed by atoms with Crippen LogP contribution in [-0.4, -0.2) is 4.57 Å². The Labute approximate surface area is 350 Å². The summed E-state index contributed by atoms with van der Waals surface area (Å²) in [6.07, 6.45) is 0. The second-order valence-corrected chi connectivity index (χ2v) is 15.3. The Morgan fingerprint density at radius 3 is 1.57 bits per heavy atom. The number of para-hydroxylation sites is 2. The molecule has 0 saturated heterocycles. The van der Waals surface area contributed by atoms with E-state index >= 15 is 0 Å². The molecule has 0 unspecified atom stereocenters. The van der Waals surface area contributed by atoms with E-state index in [1.807, 2.05) is 0 Å². The van der Waals surface area contributed by atoms with Crippen molar-refractivity contribution >= 4 is 49.6 Å². The van der Waals surface area contributed by atoms with Crippen LogP contribution in [0.3, 0.4) is 0 Å². The van der Waals surface area contributed by atoms with Crippen molar-refractivity contribution in [1.82, 2.24) is 4.57 Å². The van der Waals surface area contributed by atoms with Crippen molar-refractivity contribution in [2.75, 3.05) is 4.90 Å². The van der Waals surface area contributed by atoms with E-state index in [2.05, 4.69) is 252 Å². The summed E-state index contributed by atoms with van der Waals surface area (Å²) in [5.74, 6) is 0. The van der Waals surface area contributed by atoms with Crippen molar-refractivity contribution in [2.45, 2.75) is 0 Å². The van der Waals surface area contributed by atoms with Crippen LogP contribution >= 0.6 is 0 Å². The molecule has 282 valence electrons. The van der Waals surface area contributed by atoms with Crippen LogP contribution < -0.4 is 4.90 Å². The molecule has 0 amide bonds. The highest BCUT2D eigenvalue weighted by Crippen LogP contribution is 2.47. The molecule has 0 radical (unpaired) electrons. The average Bonchev–Trinajstić information content (AvgIpc) is 3.66. The van der Waals surface area contributed by atoms with Gasteiger partial charge in [-0.2, -0.15) is 0 Å². The number of anilines is 3. The van der Waals surface area contributed by atoms with Crippen molar-refractivity contribution in [2.24, 2.45) is 0 Å². The summed E-state index contributed by atoms with van der Waals surface area (Å²) in [4.78, 5) is 2.46. The summed E-state index contributed by atoms with van der Waals surface area (Å²) in [5, 5.41) is 4.93. The zero-order valence-corrected chi connectivity index (χ0v) is 33.0. The normalized spacial score (nSPS) is 11.3. The van der Waals surface area contributed by atoms with E-state index < -0.39 is 0 Å². The monoisotopic (exact) mass is 764 g/mol. The number of benzene rings is 10. The Bertz CT molecular complexity index is 3290. The minimum absolute atomic E-state index is 1.07. The van der Waals surface area contributed by atoms with Gasteiger partial charge in [-0.3, -0.25) is 0 Å². The number of hydrogen-bond acceptors (Lipinski definition) is 1. The topological polar surface area (TPSA) is 8.17 Å². The summed E-state index contributed by atoms with van der Waals surface area (Å²) >= 11 is 0. The lowest BCUT2D eigenvalue weighted by Crippen LogP contribution is -2.12. The van der Waals surface area contributed by atoms with Gasteiger partial charge in [-0.25, -0.2) is 0 Å². The minimum Gasteiger partial charge on any atom is -0.310 e. The fraction of sp³-hybridized carbons (Fsp3) is 0. The first-order valence-electron chi connectivity index (χ1n) is 20.6. The maximum absolute atomic E-state index is 2.46. The summed E-state index contributed by atoms with van der Waals surface area (Å²) in [6, 6.07) is 88.0. The van der Waals surface area contributed by atoms with Crippen LogP contribution in [0.4, 0.5) is 17.1 Å². The molecule has 0 aliphatic carbocycles. The first-order chi connectivity index (χ1) is 29.8. The Hall–Kier alpha value is -7.94. The predicted molar refractivity (Wildman–Crippen MR) is 255 cm³/mol. The molecular weight excluding hydrogens is 725 g/mol. The first-order valence-corrected chi connectivity index (χ1v) is 20.6. The number of rotatable bonds is 8. The number of hydrogen-bond donors (Lipinski definition) is 0. The fourth-order valence-corrected chi connectivity index (χ4v) is 9.00. The highest BCUT2D eigenvalue weighted by molar-refractivity contribution is 6.11. The number of nitrogens with zero attached hydrogens (tertiary/aromatic N) is 2. The second kappa shape index (κ2) is 15.1. The highest BCUT2D eigenvalue weighted by atomic mass is 15.1. The van der Waals surface area contributed by atoms with Gasteiger partial charge in [0.1, 0.15) is 0 Å².